The van der Waals surface area contributed by atoms with E-state index in [0.717, 1.165) is 15.4 Å². The zero-order valence-corrected chi connectivity index (χ0v) is 8.27. The second kappa shape index (κ2) is 2.59. The van der Waals surface area contributed by atoms with Crippen LogP contribution in [0.5, 0.6) is 0 Å². The third kappa shape index (κ3) is 1.10. The Morgan fingerprint density at radius 3 is 2.91 bits per heavy atom. The quantitative estimate of drug-likeness (QED) is 0.628. The SMILES string of the molecule is [Al][n]1ncc2c(Br)cncc21. The van der Waals surface area contributed by atoms with Crippen molar-refractivity contribution in [3.63, 3.8) is 0 Å². The Bertz CT molecular complexity index is 398. The smallest absolute Gasteiger partial charge is 0.354 e. The first-order chi connectivity index (χ1) is 5.29. The van der Waals surface area contributed by atoms with Gasteiger partial charge in [-0.3, -0.25) is 4.98 Å². The van der Waals surface area contributed by atoms with E-state index in [9.17, 15) is 0 Å². The van der Waals surface area contributed by atoms with E-state index in [2.05, 4.69) is 42.5 Å². The highest BCUT2D eigenvalue weighted by Crippen LogP contribution is 2.20. The Morgan fingerprint density at radius 1 is 1.36 bits per heavy atom. The van der Waals surface area contributed by atoms with Gasteiger partial charge in [0.2, 0.25) is 0 Å². The maximum Gasteiger partial charge on any atom is 0.354 e. The maximum absolute atomic E-state index is 4.07. The number of halogens is 1. The van der Waals surface area contributed by atoms with Crippen molar-refractivity contribution in [1.29, 1.82) is 0 Å². The molecule has 0 fully saturated rings. The molecule has 2 heterocycles. The van der Waals surface area contributed by atoms with Crippen molar-refractivity contribution in [2.24, 2.45) is 0 Å². The molecule has 2 aromatic heterocycles. The fraction of sp³-hybridized carbons (Fsp3) is 0. The minimum absolute atomic E-state index is 0.976. The van der Waals surface area contributed by atoms with E-state index in [1.54, 1.807) is 22.3 Å². The van der Waals surface area contributed by atoms with Gasteiger partial charge < -0.3 is 3.67 Å². The third-order valence-electron chi connectivity index (χ3n) is 1.48. The Kier molecular flexibility index (Phi) is 1.72. The number of fused-ring (bicyclic) bond motifs is 1. The van der Waals surface area contributed by atoms with Crippen LogP contribution < -0.4 is 0 Å². The Balaban J connectivity index is 2.94. The van der Waals surface area contributed by atoms with Crippen LogP contribution in [-0.4, -0.2) is 30.3 Å². The molecule has 0 spiro atoms. The minimum Gasteiger partial charge on any atom is -0.382 e. The molecular formula is C6H3AlBrN3. The Morgan fingerprint density at radius 2 is 2.18 bits per heavy atom. The van der Waals surface area contributed by atoms with Crippen LogP contribution in [0.15, 0.2) is 23.1 Å². The first kappa shape index (κ1) is 7.29. The lowest BCUT2D eigenvalue weighted by Gasteiger charge is -1.94. The first-order valence-corrected chi connectivity index (χ1v) is 4.32. The van der Waals surface area contributed by atoms with Crippen molar-refractivity contribution in [1.82, 2.24) is 13.7 Å². The van der Waals surface area contributed by atoms with Crippen molar-refractivity contribution in [2.75, 3.05) is 0 Å². The molecular weight excluding hydrogens is 221 g/mol. The average molecular weight is 224 g/mol. The molecule has 0 bridgehead atoms. The number of hydrogen-bond acceptors (Lipinski definition) is 2. The number of rotatable bonds is 0. The van der Waals surface area contributed by atoms with Crippen LogP contribution in [-0.2, 0) is 0 Å². The van der Waals surface area contributed by atoms with Gasteiger partial charge in [-0.1, -0.05) is 0 Å². The molecule has 11 heavy (non-hydrogen) atoms. The van der Waals surface area contributed by atoms with Gasteiger partial charge in [-0.05, 0) is 15.9 Å². The predicted octanol–water partition coefficient (Wildman–Crippen LogP) is 1.13. The van der Waals surface area contributed by atoms with Gasteiger partial charge in [0.05, 0.1) is 17.9 Å². The van der Waals surface area contributed by atoms with Gasteiger partial charge in [0, 0.05) is 16.1 Å². The number of aromatic nitrogens is 3. The lowest BCUT2D eigenvalue weighted by atomic mass is 10.3. The molecule has 0 aromatic carbocycles. The molecule has 2 radical (unpaired) electrons. The zero-order valence-electron chi connectivity index (χ0n) is 5.53. The normalized spacial score (nSPS) is 10.6. The summed E-state index contributed by atoms with van der Waals surface area (Å²) >= 11 is 5.88. The maximum atomic E-state index is 4.07. The minimum atomic E-state index is 0.976. The summed E-state index contributed by atoms with van der Waals surface area (Å²) in [4.78, 5) is 4.02. The van der Waals surface area contributed by atoms with Gasteiger partial charge in [-0.15, -0.1) is 0 Å². The van der Waals surface area contributed by atoms with Crippen molar-refractivity contribution in [3.05, 3.63) is 23.1 Å². The molecule has 3 nitrogen and oxygen atoms in total. The molecule has 0 saturated carbocycles. The predicted molar refractivity (Wildman–Crippen MR) is 46.4 cm³/mol. The van der Waals surface area contributed by atoms with Crippen molar-refractivity contribution < 1.29 is 0 Å². The molecule has 0 atom stereocenters. The Labute approximate surface area is 80.2 Å². The van der Waals surface area contributed by atoms with E-state index in [0.29, 0.717) is 0 Å². The molecule has 0 N–H and O–H groups in total. The van der Waals surface area contributed by atoms with Crippen LogP contribution in [0.4, 0.5) is 0 Å². The van der Waals surface area contributed by atoms with E-state index in [1.807, 2.05) is 0 Å². The molecule has 0 aliphatic heterocycles. The van der Waals surface area contributed by atoms with Crippen molar-refractivity contribution in [2.45, 2.75) is 0 Å². The summed E-state index contributed by atoms with van der Waals surface area (Å²) in [7, 11) is 0. The summed E-state index contributed by atoms with van der Waals surface area (Å²) in [6, 6.07) is 0. The zero-order chi connectivity index (χ0) is 7.84. The summed E-state index contributed by atoms with van der Waals surface area (Å²) in [6.07, 6.45) is 5.34. The number of hydrogen-bond donors (Lipinski definition) is 0. The van der Waals surface area contributed by atoms with E-state index in [4.69, 9.17) is 0 Å². The van der Waals surface area contributed by atoms with Crippen LogP contribution in [0.25, 0.3) is 10.9 Å². The molecule has 0 saturated heterocycles. The van der Waals surface area contributed by atoms with E-state index < -0.39 is 0 Å². The van der Waals surface area contributed by atoms with Gasteiger partial charge in [-0.25, -0.2) is 5.10 Å². The highest BCUT2D eigenvalue weighted by Gasteiger charge is 2.00. The monoisotopic (exact) mass is 223 g/mol. The molecule has 0 unspecified atom stereocenters. The number of nitrogens with zero attached hydrogens (tertiary/aromatic N) is 3. The molecule has 5 heteroatoms. The molecule has 2 aromatic rings. The second-order valence-electron chi connectivity index (χ2n) is 2.14. The van der Waals surface area contributed by atoms with Crippen molar-refractivity contribution >= 4 is 43.3 Å². The number of pyridine rings is 1. The summed E-state index contributed by atoms with van der Waals surface area (Å²) in [5, 5.41) is 5.14. The average Bonchev–Trinajstić information content (AvgIpc) is 2.35. The molecule has 52 valence electrons. The van der Waals surface area contributed by atoms with Crippen LogP contribution in [0.1, 0.15) is 0 Å². The van der Waals surface area contributed by atoms with Gasteiger partial charge in [0.25, 0.3) is 0 Å². The van der Waals surface area contributed by atoms with Gasteiger partial charge >= 0.3 is 16.5 Å². The lowest BCUT2D eigenvalue weighted by Crippen LogP contribution is -1.92. The summed E-state index contributed by atoms with van der Waals surface area (Å²) < 4.78 is 2.69. The van der Waals surface area contributed by atoms with Crippen LogP contribution in [0.2, 0.25) is 0 Å². The molecule has 2 rings (SSSR count). The van der Waals surface area contributed by atoms with Crippen LogP contribution in [0.3, 0.4) is 0 Å². The summed E-state index contributed by atoms with van der Waals surface area (Å²) in [6.45, 7) is 0. The van der Waals surface area contributed by atoms with Gasteiger partial charge in [0.1, 0.15) is 0 Å². The van der Waals surface area contributed by atoms with E-state index in [1.165, 1.54) is 0 Å². The fourth-order valence-electron chi connectivity index (χ4n) is 0.927. The van der Waals surface area contributed by atoms with Crippen LogP contribution >= 0.6 is 15.9 Å². The third-order valence-corrected chi connectivity index (χ3v) is 2.52. The van der Waals surface area contributed by atoms with Gasteiger partial charge in [0.15, 0.2) is 0 Å². The first-order valence-electron chi connectivity index (χ1n) is 3.01. The molecule has 0 amide bonds. The standard InChI is InChI=1S/C6H3BrN3.Al/c7-5-2-8-3-6-4(5)1-9-10-6;/h1-3H;/q-1;+1. The Hall–Kier alpha value is -0.368. The largest absolute Gasteiger partial charge is 0.382 e. The topological polar surface area (TPSA) is 30.7 Å². The highest BCUT2D eigenvalue weighted by atomic mass is 79.9. The highest BCUT2D eigenvalue weighted by molar-refractivity contribution is 9.10. The molecule has 0 aliphatic rings. The van der Waals surface area contributed by atoms with E-state index in [-0.39, 0.29) is 0 Å². The molecule has 0 aliphatic carbocycles. The summed E-state index contributed by atoms with van der Waals surface area (Å²) in [5.41, 5.74) is 1.00. The lowest BCUT2D eigenvalue weighted by molar-refractivity contribution is 1.02. The van der Waals surface area contributed by atoms with Crippen LogP contribution in [0, 0.1) is 0 Å². The fourth-order valence-corrected chi connectivity index (χ4v) is 1.62. The van der Waals surface area contributed by atoms with E-state index >= 15 is 0 Å². The van der Waals surface area contributed by atoms with Crippen molar-refractivity contribution in [3.8, 4) is 0 Å². The second-order valence-corrected chi connectivity index (χ2v) is 3.49. The van der Waals surface area contributed by atoms with Gasteiger partial charge in [-0.2, -0.15) is 0 Å². The summed E-state index contributed by atoms with van der Waals surface area (Å²) in [5.74, 6) is 0.